The Kier molecular flexibility index (Phi) is 3.41. The number of benzene rings is 1. The molecule has 2 aromatic rings. The summed E-state index contributed by atoms with van der Waals surface area (Å²) in [7, 11) is 0. The minimum absolute atomic E-state index is 0.0467. The topological polar surface area (TPSA) is 65.1 Å². The molecule has 5 heteroatoms. The van der Waals surface area contributed by atoms with Crippen LogP contribution >= 0.6 is 0 Å². The van der Waals surface area contributed by atoms with E-state index in [0.29, 0.717) is 6.42 Å². The molecule has 0 N–H and O–H groups in total. The molecule has 0 saturated carbocycles. The second kappa shape index (κ2) is 5.00. The highest BCUT2D eigenvalue weighted by atomic mass is 16.6. The second-order valence-corrected chi connectivity index (χ2v) is 4.23. The lowest BCUT2D eigenvalue weighted by Gasteiger charge is -2.03. The molecule has 0 aliphatic carbocycles. The normalized spacial score (nSPS) is 10.7. The van der Waals surface area contributed by atoms with E-state index in [0.717, 1.165) is 17.3 Å². The van der Waals surface area contributed by atoms with E-state index >= 15 is 0 Å². The van der Waals surface area contributed by atoms with Crippen LogP contribution in [-0.4, -0.2) is 15.3 Å². The van der Waals surface area contributed by atoms with Crippen LogP contribution in [0.2, 0.25) is 0 Å². The van der Waals surface area contributed by atoms with Gasteiger partial charge < -0.3 is 4.57 Å². The van der Waals surface area contributed by atoms with Crippen LogP contribution < -0.4 is 0 Å². The third-order valence-electron chi connectivity index (χ3n) is 2.84. The number of nitro benzene ring substituents is 1. The van der Waals surface area contributed by atoms with Gasteiger partial charge in [-0.3, -0.25) is 14.9 Å². The molecule has 5 nitrogen and oxygen atoms in total. The van der Waals surface area contributed by atoms with Crippen LogP contribution in [0.4, 0.5) is 5.69 Å². The van der Waals surface area contributed by atoms with Crippen LogP contribution in [0.3, 0.4) is 0 Å². The molecule has 1 aromatic heterocycles. The van der Waals surface area contributed by atoms with Gasteiger partial charge in [-0.25, -0.2) is 0 Å². The van der Waals surface area contributed by atoms with Crippen molar-refractivity contribution in [1.82, 2.24) is 4.57 Å². The molecule has 94 valence electrons. The van der Waals surface area contributed by atoms with E-state index < -0.39 is 4.92 Å². The molecule has 0 atom stereocenters. The summed E-state index contributed by atoms with van der Waals surface area (Å²) in [6.45, 7) is 2.23. The van der Waals surface area contributed by atoms with E-state index in [9.17, 15) is 14.9 Å². The summed E-state index contributed by atoms with van der Waals surface area (Å²) in [5, 5.41) is 11.6. The Morgan fingerprint density at radius 2 is 2.17 bits per heavy atom. The molecule has 0 aliphatic heterocycles. The minimum Gasteiger partial charge on any atom is -0.340 e. The number of nitrogens with zero attached hydrogens (tertiary/aromatic N) is 2. The first kappa shape index (κ1) is 12.3. The molecule has 0 aliphatic rings. The van der Waals surface area contributed by atoms with Gasteiger partial charge in [-0.1, -0.05) is 6.92 Å². The lowest BCUT2D eigenvalue weighted by atomic mass is 10.2. The Bertz CT molecular complexity index is 601. The molecule has 1 heterocycles. The molecule has 0 radical (unpaired) electrons. The van der Waals surface area contributed by atoms with Gasteiger partial charge in [-0.15, -0.1) is 0 Å². The number of aromatic nitrogens is 1. The highest BCUT2D eigenvalue weighted by Gasteiger charge is 2.10. The molecular formula is C13H14N2O3. The van der Waals surface area contributed by atoms with E-state index in [1.54, 1.807) is 16.8 Å². The zero-order valence-electron chi connectivity index (χ0n) is 10.1. The van der Waals surface area contributed by atoms with Gasteiger partial charge >= 0.3 is 0 Å². The largest absolute Gasteiger partial charge is 0.340 e. The van der Waals surface area contributed by atoms with Crippen molar-refractivity contribution in [2.24, 2.45) is 0 Å². The van der Waals surface area contributed by atoms with E-state index in [2.05, 4.69) is 0 Å². The van der Waals surface area contributed by atoms with Crippen molar-refractivity contribution >= 4 is 22.4 Å². The lowest BCUT2D eigenvalue weighted by Crippen LogP contribution is -2.08. The van der Waals surface area contributed by atoms with Gasteiger partial charge in [0.05, 0.1) is 17.0 Å². The summed E-state index contributed by atoms with van der Waals surface area (Å²) < 4.78 is 1.76. The number of carbonyl (C=O) groups is 1. The van der Waals surface area contributed by atoms with Crippen molar-refractivity contribution in [3.63, 3.8) is 0 Å². The smallest absolute Gasteiger partial charge is 0.271 e. The van der Waals surface area contributed by atoms with Crippen molar-refractivity contribution in [3.8, 4) is 0 Å². The van der Waals surface area contributed by atoms with Gasteiger partial charge in [-0.2, -0.15) is 0 Å². The number of hydrogen-bond donors (Lipinski definition) is 0. The van der Waals surface area contributed by atoms with Crippen molar-refractivity contribution in [1.29, 1.82) is 0 Å². The fraction of sp³-hybridized carbons (Fsp3) is 0.308. The number of fused-ring (bicyclic) bond motifs is 1. The maximum atomic E-state index is 11.6. The van der Waals surface area contributed by atoms with Crippen LogP contribution in [0.1, 0.15) is 19.8 Å². The Morgan fingerprint density at radius 3 is 2.83 bits per heavy atom. The first-order chi connectivity index (χ1) is 8.61. The number of ketones is 1. The minimum atomic E-state index is -0.426. The average molecular weight is 246 g/mol. The van der Waals surface area contributed by atoms with Crippen molar-refractivity contribution in [2.75, 3.05) is 0 Å². The number of Topliss-reactive ketones (excluding diaryl/α,β-unsaturated/α-hetero) is 1. The highest BCUT2D eigenvalue weighted by molar-refractivity contribution is 5.85. The summed E-state index contributed by atoms with van der Waals surface area (Å²) in [5.41, 5.74) is 0.777. The van der Waals surface area contributed by atoms with Crippen LogP contribution in [0.25, 0.3) is 10.9 Å². The third-order valence-corrected chi connectivity index (χ3v) is 2.84. The zero-order valence-corrected chi connectivity index (χ0v) is 10.1. The molecule has 0 unspecified atom stereocenters. The standard InChI is InChI=1S/C13H14N2O3/c1-2-3-12(16)9-14-7-6-10-4-5-11(15(17)18)8-13(10)14/h4-8H,2-3,9H2,1H3. The quantitative estimate of drug-likeness (QED) is 0.601. The van der Waals surface area contributed by atoms with Crippen molar-refractivity contribution in [2.45, 2.75) is 26.3 Å². The number of rotatable bonds is 5. The van der Waals surface area contributed by atoms with Crippen LogP contribution in [0.15, 0.2) is 30.5 Å². The lowest BCUT2D eigenvalue weighted by molar-refractivity contribution is -0.384. The molecule has 2 rings (SSSR count). The summed E-state index contributed by atoms with van der Waals surface area (Å²) in [5.74, 6) is 0.140. The summed E-state index contributed by atoms with van der Waals surface area (Å²) >= 11 is 0. The fourth-order valence-electron chi connectivity index (χ4n) is 1.97. The molecular weight excluding hydrogens is 232 g/mol. The number of nitro groups is 1. The monoisotopic (exact) mass is 246 g/mol. The van der Waals surface area contributed by atoms with Crippen LogP contribution in [0, 0.1) is 10.1 Å². The first-order valence-corrected chi connectivity index (χ1v) is 5.87. The van der Waals surface area contributed by atoms with Gasteiger partial charge in [-0.05, 0) is 18.6 Å². The SMILES string of the molecule is CCCC(=O)Cn1ccc2ccc([N+](=O)[O-])cc21. The molecule has 18 heavy (non-hydrogen) atoms. The zero-order chi connectivity index (χ0) is 13.1. The maximum absolute atomic E-state index is 11.6. The van der Waals surface area contributed by atoms with Gasteiger partial charge in [0.15, 0.2) is 5.78 Å². The van der Waals surface area contributed by atoms with Crippen molar-refractivity contribution < 1.29 is 9.72 Å². The Labute approximate surface area is 104 Å². The Hall–Kier alpha value is -2.17. The predicted molar refractivity (Wildman–Crippen MR) is 68.5 cm³/mol. The van der Waals surface area contributed by atoms with E-state index in [-0.39, 0.29) is 18.0 Å². The second-order valence-electron chi connectivity index (χ2n) is 4.23. The number of hydrogen-bond acceptors (Lipinski definition) is 3. The van der Waals surface area contributed by atoms with Crippen LogP contribution in [0.5, 0.6) is 0 Å². The van der Waals surface area contributed by atoms with E-state index in [1.807, 2.05) is 13.0 Å². The third kappa shape index (κ3) is 2.40. The fourth-order valence-corrected chi connectivity index (χ4v) is 1.97. The maximum Gasteiger partial charge on any atom is 0.271 e. The number of non-ortho nitro benzene ring substituents is 1. The average Bonchev–Trinajstić information content (AvgIpc) is 2.72. The van der Waals surface area contributed by atoms with E-state index in [1.165, 1.54) is 12.1 Å². The molecule has 0 spiro atoms. The van der Waals surface area contributed by atoms with Gasteiger partial charge in [0.2, 0.25) is 0 Å². The van der Waals surface area contributed by atoms with Gasteiger partial charge in [0, 0.05) is 30.1 Å². The van der Waals surface area contributed by atoms with Crippen molar-refractivity contribution in [3.05, 3.63) is 40.6 Å². The molecule has 0 saturated heterocycles. The molecule has 0 fully saturated rings. The van der Waals surface area contributed by atoms with Gasteiger partial charge in [0.1, 0.15) is 0 Å². The summed E-state index contributed by atoms with van der Waals surface area (Å²) in [4.78, 5) is 21.9. The predicted octanol–water partition coefficient (Wildman–Crippen LogP) is 2.92. The number of carbonyl (C=O) groups excluding carboxylic acids is 1. The molecule has 1 aromatic carbocycles. The van der Waals surface area contributed by atoms with Gasteiger partial charge in [0.25, 0.3) is 5.69 Å². The first-order valence-electron chi connectivity index (χ1n) is 5.87. The molecule has 0 amide bonds. The summed E-state index contributed by atoms with van der Waals surface area (Å²) in [6.07, 6.45) is 3.15. The molecule has 0 bridgehead atoms. The Balaban J connectivity index is 2.36. The van der Waals surface area contributed by atoms with Crippen LogP contribution in [-0.2, 0) is 11.3 Å². The highest BCUT2D eigenvalue weighted by Crippen LogP contribution is 2.22. The summed E-state index contributed by atoms with van der Waals surface area (Å²) in [6, 6.07) is 6.54. The Morgan fingerprint density at radius 1 is 1.39 bits per heavy atom. The van der Waals surface area contributed by atoms with E-state index in [4.69, 9.17) is 0 Å².